The lowest BCUT2D eigenvalue weighted by Crippen LogP contribution is -1.97. The van der Waals surface area contributed by atoms with Crippen LogP contribution in [-0.4, -0.2) is 15.4 Å². The zero-order chi connectivity index (χ0) is 17.1. The first kappa shape index (κ1) is 15.1. The predicted molar refractivity (Wildman–Crippen MR) is 100 cm³/mol. The van der Waals surface area contributed by atoms with Crippen LogP contribution in [0.3, 0.4) is 0 Å². The summed E-state index contributed by atoms with van der Waals surface area (Å²) in [6, 6.07) is 22.1. The second kappa shape index (κ2) is 6.61. The van der Waals surface area contributed by atoms with E-state index >= 15 is 0 Å². The molecule has 0 fully saturated rings. The summed E-state index contributed by atoms with van der Waals surface area (Å²) >= 11 is 0. The predicted octanol–water partition coefficient (Wildman–Crippen LogP) is 4.85. The van der Waals surface area contributed by atoms with Crippen LogP contribution in [-0.2, 0) is 6.61 Å². The van der Waals surface area contributed by atoms with Gasteiger partial charge in [-0.1, -0.05) is 67.3 Å². The van der Waals surface area contributed by atoms with Crippen molar-refractivity contribution in [3.63, 3.8) is 0 Å². The average molecular weight is 327 g/mol. The van der Waals surface area contributed by atoms with Crippen LogP contribution >= 0.6 is 0 Å². The fourth-order valence-electron chi connectivity index (χ4n) is 2.81. The van der Waals surface area contributed by atoms with Gasteiger partial charge in [-0.2, -0.15) is 15.4 Å². The van der Waals surface area contributed by atoms with Crippen LogP contribution < -0.4 is 4.74 Å². The third kappa shape index (κ3) is 3.02. The van der Waals surface area contributed by atoms with E-state index in [1.54, 1.807) is 0 Å². The second-order valence-corrected chi connectivity index (χ2v) is 5.73. The second-order valence-electron chi connectivity index (χ2n) is 5.73. The summed E-state index contributed by atoms with van der Waals surface area (Å²) in [7, 11) is 0. The molecule has 0 bridgehead atoms. The van der Waals surface area contributed by atoms with Crippen molar-refractivity contribution in [1.82, 2.24) is 15.4 Å². The number of aromatic amines is 1. The molecule has 0 aliphatic rings. The Morgan fingerprint density at radius 3 is 2.48 bits per heavy atom. The molecule has 25 heavy (non-hydrogen) atoms. The number of benzene rings is 3. The van der Waals surface area contributed by atoms with E-state index in [9.17, 15) is 0 Å². The first-order valence-electron chi connectivity index (χ1n) is 8.08. The summed E-state index contributed by atoms with van der Waals surface area (Å²) in [6.07, 6.45) is 1.83. The highest BCUT2D eigenvalue weighted by Gasteiger charge is 2.14. The standard InChI is InChI=1S/C21H17N3O/c1-2-15-8-10-16(11-9-15)14-25-19-13-12-18-21(23-24-22-18)20(19)17-6-4-3-5-7-17/h2-13H,1,14H2,(H,22,23,24). The monoisotopic (exact) mass is 327 g/mol. The zero-order valence-electron chi connectivity index (χ0n) is 13.6. The van der Waals surface area contributed by atoms with E-state index in [4.69, 9.17) is 4.74 Å². The van der Waals surface area contributed by atoms with E-state index in [1.807, 2.05) is 60.7 Å². The number of nitrogens with zero attached hydrogens (tertiary/aromatic N) is 2. The number of aromatic nitrogens is 3. The molecule has 0 amide bonds. The van der Waals surface area contributed by atoms with E-state index in [-0.39, 0.29) is 0 Å². The minimum atomic E-state index is 0.487. The highest BCUT2D eigenvalue weighted by atomic mass is 16.5. The largest absolute Gasteiger partial charge is 0.488 e. The van der Waals surface area contributed by atoms with Crippen molar-refractivity contribution in [3.8, 4) is 16.9 Å². The van der Waals surface area contributed by atoms with Gasteiger partial charge in [0.1, 0.15) is 23.4 Å². The summed E-state index contributed by atoms with van der Waals surface area (Å²) in [4.78, 5) is 0. The fraction of sp³-hybridized carbons (Fsp3) is 0.0476. The Kier molecular flexibility index (Phi) is 4.01. The Morgan fingerprint density at radius 2 is 1.72 bits per heavy atom. The van der Waals surface area contributed by atoms with Crippen LogP contribution in [0.4, 0.5) is 0 Å². The van der Waals surface area contributed by atoms with Gasteiger partial charge in [0.05, 0.1) is 5.56 Å². The molecule has 0 spiro atoms. The van der Waals surface area contributed by atoms with Crippen LogP contribution in [0.5, 0.6) is 5.75 Å². The molecule has 4 aromatic rings. The highest BCUT2D eigenvalue weighted by Crippen LogP contribution is 2.35. The molecular weight excluding hydrogens is 310 g/mol. The van der Waals surface area contributed by atoms with Crippen LogP contribution in [0.2, 0.25) is 0 Å². The molecule has 3 aromatic carbocycles. The minimum absolute atomic E-state index is 0.487. The number of hydrogen-bond donors (Lipinski definition) is 1. The average Bonchev–Trinajstić information content (AvgIpc) is 3.15. The first-order valence-corrected chi connectivity index (χ1v) is 8.08. The topological polar surface area (TPSA) is 50.8 Å². The molecular formula is C21H17N3O. The van der Waals surface area contributed by atoms with Gasteiger partial charge in [0.15, 0.2) is 0 Å². The highest BCUT2D eigenvalue weighted by molar-refractivity contribution is 5.94. The number of fused-ring (bicyclic) bond motifs is 1. The molecule has 1 aromatic heterocycles. The molecule has 0 aliphatic heterocycles. The maximum atomic E-state index is 6.12. The van der Waals surface area contributed by atoms with Gasteiger partial charge in [-0.15, -0.1) is 0 Å². The lowest BCUT2D eigenvalue weighted by atomic mass is 10.0. The third-order valence-corrected chi connectivity index (χ3v) is 4.12. The Labute approximate surface area is 145 Å². The van der Waals surface area contributed by atoms with Crippen molar-refractivity contribution in [2.75, 3.05) is 0 Å². The van der Waals surface area contributed by atoms with Crippen molar-refractivity contribution in [2.24, 2.45) is 0 Å². The molecule has 0 radical (unpaired) electrons. The molecule has 4 rings (SSSR count). The summed E-state index contributed by atoms with van der Waals surface area (Å²) < 4.78 is 6.12. The van der Waals surface area contributed by atoms with Gasteiger partial charge < -0.3 is 4.74 Å². The number of nitrogens with one attached hydrogen (secondary N) is 1. The van der Waals surface area contributed by atoms with Crippen LogP contribution in [0, 0.1) is 0 Å². The van der Waals surface area contributed by atoms with E-state index in [0.717, 1.165) is 39.0 Å². The molecule has 0 saturated carbocycles. The van der Waals surface area contributed by atoms with Crippen LogP contribution in [0.15, 0.2) is 73.3 Å². The zero-order valence-corrected chi connectivity index (χ0v) is 13.6. The van der Waals surface area contributed by atoms with Gasteiger partial charge in [-0.05, 0) is 28.8 Å². The van der Waals surface area contributed by atoms with E-state index in [0.29, 0.717) is 6.61 Å². The Hall–Kier alpha value is -3.40. The molecule has 122 valence electrons. The summed E-state index contributed by atoms with van der Waals surface area (Å²) in [5.41, 5.74) is 5.84. The molecule has 1 N–H and O–H groups in total. The normalized spacial score (nSPS) is 10.7. The smallest absolute Gasteiger partial charge is 0.130 e. The Morgan fingerprint density at radius 1 is 0.920 bits per heavy atom. The maximum absolute atomic E-state index is 6.12. The summed E-state index contributed by atoms with van der Waals surface area (Å²) in [6.45, 7) is 4.26. The fourth-order valence-corrected chi connectivity index (χ4v) is 2.81. The van der Waals surface area contributed by atoms with Crippen molar-refractivity contribution in [1.29, 1.82) is 0 Å². The molecule has 0 unspecified atom stereocenters. The number of hydrogen-bond acceptors (Lipinski definition) is 3. The van der Waals surface area contributed by atoms with Crippen LogP contribution in [0.1, 0.15) is 11.1 Å². The van der Waals surface area contributed by atoms with E-state index < -0.39 is 0 Å². The van der Waals surface area contributed by atoms with E-state index in [2.05, 4.69) is 34.1 Å². The molecule has 0 atom stereocenters. The number of ether oxygens (including phenoxy) is 1. The lowest BCUT2D eigenvalue weighted by molar-refractivity contribution is 0.308. The van der Waals surface area contributed by atoms with Crippen molar-refractivity contribution < 1.29 is 4.74 Å². The Bertz CT molecular complexity index is 1000. The van der Waals surface area contributed by atoms with Gasteiger partial charge in [-0.25, -0.2) is 0 Å². The molecule has 1 heterocycles. The van der Waals surface area contributed by atoms with E-state index in [1.165, 1.54) is 0 Å². The number of H-pyrrole nitrogens is 1. The van der Waals surface area contributed by atoms with Gasteiger partial charge in [0, 0.05) is 0 Å². The molecule has 4 nitrogen and oxygen atoms in total. The Balaban J connectivity index is 1.70. The van der Waals surface area contributed by atoms with Crippen molar-refractivity contribution >= 4 is 17.1 Å². The number of rotatable bonds is 5. The maximum Gasteiger partial charge on any atom is 0.130 e. The minimum Gasteiger partial charge on any atom is -0.488 e. The van der Waals surface area contributed by atoms with Crippen LogP contribution in [0.25, 0.3) is 28.2 Å². The molecule has 0 aliphatic carbocycles. The molecule has 4 heteroatoms. The van der Waals surface area contributed by atoms with Gasteiger partial charge in [-0.3, -0.25) is 0 Å². The van der Waals surface area contributed by atoms with Crippen molar-refractivity contribution in [2.45, 2.75) is 6.61 Å². The third-order valence-electron chi connectivity index (χ3n) is 4.12. The van der Waals surface area contributed by atoms with Gasteiger partial charge in [0.25, 0.3) is 0 Å². The van der Waals surface area contributed by atoms with Gasteiger partial charge in [0.2, 0.25) is 0 Å². The molecule has 0 saturated heterocycles. The SMILES string of the molecule is C=Cc1ccc(COc2ccc3n[nH]nc3c2-c2ccccc2)cc1. The quantitative estimate of drug-likeness (QED) is 0.570. The first-order chi connectivity index (χ1) is 12.3. The van der Waals surface area contributed by atoms with Gasteiger partial charge >= 0.3 is 0 Å². The lowest BCUT2D eigenvalue weighted by Gasteiger charge is -2.12. The summed E-state index contributed by atoms with van der Waals surface area (Å²) in [5.74, 6) is 0.792. The van der Waals surface area contributed by atoms with Crippen molar-refractivity contribution in [3.05, 3.63) is 84.4 Å². The summed E-state index contributed by atoms with van der Waals surface area (Å²) in [5, 5.41) is 11.2.